The maximum absolute atomic E-state index is 12.2. The minimum absolute atomic E-state index is 0.0252. The van der Waals surface area contributed by atoms with Crippen LogP contribution in [-0.2, 0) is 9.53 Å². The molecule has 1 amide bonds. The predicted octanol–water partition coefficient (Wildman–Crippen LogP) is 2.06. The summed E-state index contributed by atoms with van der Waals surface area (Å²) in [6.45, 7) is 9.87. The molecule has 0 spiro atoms. The van der Waals surface area contributed by atoms with Crippen molar-refractivity contribution in [1.29, 1.82) is 0 Å². The minimum Gasteiger partial charge on any atom is -0.377 e. The van der Waals surface area contributed by atoms with Gasteiger partial charge in [-0.05, 0) is 25.7 Å². The lowest BCUT2D eigenvalue weighted by Crippen LogP contribution is -2.67. The van der Waals surface area contributed by atoms with Gasteiger partial charge in [-0.1, -0.05) is 26.7 Å². The second kappa shape index (κ2) is 4.93. The van der Waals surface area contributed by atoms with Crippen molar-refractivity contribution in [2.75, 3.05) is 13.2 Å². The molecule has 3 nitrogen and oxygen atoms in total. The molecule has 0 aromatic carbocycles. The standard InChI is InChI=1S/C15H23NO2/c1-5-7-12(17)16(9-6-2)13-11-8-10-18-14(11)15(13,3)4/h11,13-14H,6,8-10H2,1-4H3. The van der Waals surface area contributed by atoms with Crippen molar-refractivity contribution in [3.8, 4) is 11.8 Å². The molecular formula is C15H23NO2. The topological polar surface area (TPSA) is 29.5 Å². The van der Waals surface area contributed by atoms with E-state index in [0.717, 1.165) is 26.0 Å². The van der Waals surface area contributed by atoms with Crippen LogP contribution in [0.2, 0.25) is 0 Å². The molecule has 18 heavy (non-hydrogen) atoms. The van der Waals surface area contributed by atoms with Crippen molar-refractivity contribution >= 4 is 5.91 Å². The highest BCUT2D eigenvalue weighted by atomic mass is 16.5. The van der Waals surface area contributed by atoms with Crippen LogP contribution in [0.3, 0.4) is 0 Å². The van der Waals surface area contributed by atoms with Crippen LogP contribution in [0.1, 0.15) is 40.5 Å². The fourth-order valence-electron chi connectivity index (χ4n) is 3.72. The van der Waals surface area contributed by atoms with Crippen molar-refractivity contribution < 1.29 is 9.53 Å². The summed E-state index contributed by atoms with van der Waals surface area (Å²) >= 11 is 0. The summed E-state index contributed by atoms with van der Waals surface area (Å²) in [5, 5.41) is 0. The number of fused-ring (bicyclic) bond motifs is 1. The molecule has 3 unspecified atom stereocenters. The molecule has 3 atom stereocenters. The van der Waals surface area contributed by atoms with Crippen LogP contribution < -0.4 is 0 Å². The zero-order valence-electron chi connectivity index (χ0n) is 11.8. The Hall–Kier alpha value is -1.01. The molecule has 0 aromatic heterocycles. The van der Waals surface area contributed by atoms with E-state index in [1.54, 1.807) is 6.92 Å². The van der Waals surface area contributed by atoms with E-state index in [0.29, 0.717) is 18.1 Å². The van der Waals surface area contributed by atoms with E-state index in [9.17, 15) is 4.79 Å². The number of hydrogen-bond acceptors (Lipinski definition) is 2. The van der Waals surface area contributed by atoms with E-state index in [1.807, 2.05) is 4.90 Å². The molecule has 2 rings (SSSR count). The summed E-state index contributed by atoms with van der Waals surface area (Å²) in [5.74, 6) is 5.90. The molecule has 2 fully saturated rings. The molecule has 2 aliphatic rings. The van der Waals surface area contributed by atoms with Crippen LogP contribution in [0.4, 0.5) is 0 Å². The van der Waals surface area contributed by atoms with Gasteiger partial charge in [0, 0.05) is 30.5 Å². The monoisotopic (exact) mass is 249 g/mol. The van der Waals surface area contributed by atoms with Crippen molar-refractivity contribution in [3.63, 3.8) is 0 Å². The van der Waals surface area contributed by atoms with Crippen LogP contribution in [0.25, 0.3) is 0 Å². The van der Waals surface area contributed by atoms with Crippen molar-refractivity contribution in [2.24, 2.45) is 11.3 Å². The molecule has 3 heteroatoms. The fraction of sp³-hybridized carbons (Fsp3) is 0.800. The Balaban J connectivity index is 2.20. The van der Waals surface area contributed by atoms with Crippen LogP contribution in [0.15, 0.2) is 0 Å². The third kappa shape index (κ3) is 1.93. The van der Waals surface area contributed by atoms with Gasteiger partial charge in [0.25, 0.3) is 5.91 Å². The van der Waals surface area contributed by atoms with Gasteiger partial charge in [-0.25, -0.2) is 0 Å². The Bertz CT molecular complexity index is 391. The summed E-state index contributed by atoms with van der Waals surface area (Å²) in [7, 11) is 0. The smallest absolute Gasteiger partial charge is 0.298 e. The van der Waals surface area contributed by atoms with Gasteiger partial charge in [0.1, 0.15) is 0 Å². The average molecular weight is 249 g/mol. The fourth-order valence-corrected chi connectivity index (χ4v) is 3.72. The predicted molar refractivity (Wildman–Crippen MR) is 70.9 cm³/mol. The lowest BCUT2D eigenvalue weighted by Gasteiger charge is -2.58. The summed E-state index contributed by atoms with van der Waals surface area (Å²) in [4.78, 5) is 14.1. The Morgan fingerprint density at radius 2 is 2.22 bits per heavy atom. The van der Waals surface area contributed by atoms with Crippen molar-refractivity contribution in [3.05, 3.63) is 0 Å². The number of nitrogens with zero attached hydrogens (tertiary/aromatic N) is 1. The normalized spacial score (nSPS) is 31.9. The maximum Gasteiger partial charge on any atom is 0.298 e. The summed E-state index contributed by atoms with van der Waals surface area (Å²) in [5.41, 5.74) is 0.0570. The Morgan fingerprint density at radius 1 is 1.50 bits per heavy atom. The molecule has 1 aliphatic heterocycles. The highest BCUT2D eigenvalue weighted by Crippen LogP contribution is 2.54. The Kier molecular flexibility index (Phi) is 3.68. The van der Waals surface area contributed by atoms with Crippen LogP contribution in [0.5, 0.6) is 0 Å². The average Bonchev–Trinajstić information content (AvgIpc) is 2.75. The van der Waals surface area contributed by atoms with E-state index in [-0.39, 0.29) is 11.3 Å². The lowest BCUT2D eigenvalue weighted by molar-refractivity contribution is -0.167. The molecule has 0 radical (unpaired) electrons. The van der Waals surface area contributed by atoms with Crippen LogP contribution in [-0.4, -0.2) is 36.1 Å². The molecular weight excluding hydrogens is 226 g/mol. The van der Waals surface area contributed by atoms with E-state index < -0.39 is 0 Å². The first kappa shape index (κ1) is 13.4. The quantitative estimate of drug-likeness (QED) is 0.717. The number of carbonyl (C=O) groups excluding carboxylic acids is 1. The summed E-state index contributed by atoms with van der Waals surface area (Å²) in [6.07, 6.45) is 2.37. The van der Waals surface area contributed by atoms with Gasteiger partial charge >= 0.3 is 0 Å². The highest BCUT2D eigenvalue weighted by molar-refractivity contribution is 5.93. The van der Waals surface area contributed by atoms with Crippen molar-refractivity contribution in [2.45, 2.75) is 52.7 Å². The molecule has 1 saturated carbocycles. The Morgan fingerprint density at radius 3 is 2.83 bits per heavy atom. The van der Waals surface area contributed by atoms with Crippen LogP contribution >= 0.6 is 0 Å². The Labute approximate surface area is 110 Å². The molecule has 1 heterocycles. The third-order valence-corrected chi connectivity index (χ3v) is 4.33. The van der Waals surface area contributed by atoms with Crippen LogP contribution in [0, 0.1) is 23.2 Å². The number of hydrogen-bond donors (Lipinski definition) is 0. The summed E-state index contributed by atoms with van der Waals surface area (Å²) in [6, 6.07) is 0.290. The number of rotatable bonds is 3. The SMILES string of the molecule is CC#CC(=O)N(CCC)C1C2CCOC2C1(C)C. The first-order valence-electron chi connectivity index (χ1n) is 6.89. The van der Waals surface area contributed by atoms with Gasteiger partial charge in [-0.2, -0.15) is 0 Å². The van der Waals surface area contributed by atoms with Gasteiger partial charge in [-0.3, -0.25) is 4.79 Å². The largest absolute Gasteiger partial charge is 0.377 e. The number of carbonyl (C=O) groups is 1. The lowest BCUT2D eigenvalue weighted by atomic mass is 9.56. The second-order valence-corrected chi connectivity index (χ2v) is 5.88. The van der Waals surface area contributed by atoms with Gasteiger partial charge < -0.3 is 9.64 Å². The minimum atomic E-state index is -0.0252. The van der Waals surface area contributed by atoms with E-state index in [2.05, 4.69) is 32.6 Å². The zero-order valence-corrected chi connectivity index (χ0v) is 11.8. The first-order valence-corrected chi connectivity index (χ1v) is 6.89. The molecule has 1 saturated heterocycles. The third-order valence-electron chi connectivity index (χ3n) is 4.33. The van der Waals surface area contributed by atoms with Gasteiger partial charge in [0.05, 0.1) is 6.10 Å². The molecule has 0 N–H and O–H groups in total. The van der Waals surface area contributed by atoms with Gasteiger partial charge in [0.15, 0.2) is 0 Å². The maximum atomic E-state index is 12.2. The molecule has 100 valence electrons. The van der Waals surface area contributed by atoms with E-state index in [1.165, 1.54) is 0 Å². The van der Waals surface area contributed by atoms with Gasteiger partial charge in [-0.15, -0.1) is 0 Å². The van der Waals surface area contributed by atoms with Crippen molar-refractivity contribution in [1.82, 2.24) is 4.90 Å². The number of amides is 1. The number of ether oxygens (including phenoxy) is 1. The molecule has 0 bridgehead atoms. The van der Waals surface area contributed by atoms with E-state index >= 15 is 0 Å². The first-order chi connectivity index (χ1) is 8.54. The van der Waals surface area contributed by atoms with E-state index in [4.69, 9.17) is 4.74 Å². The zero-order chi connectivity index (χ0) is 13.3. The summed E-state index contributed by atoms with van der Waals surface area (Å²) < 4.78 is 5.79. The molecule has 1 aliphatic carbocycles. The second-order valence-electron chi connectivity index (χ2n) is 5.88. The highest BCUT2D eigenvalue weighted by Gasteiger charge is 2.61. The van der Waals surface area contributed by atoms with Gasteiger partial charge in [0.2, 0.25) is 0 Å². The molecule has 0 aromatic rings.